The number of hydrogen-bond acceptors (Lipinski definition) is 5. The monoisotopic (exact) mass is 343 g/mol. The fourth-order valence-corrected chi connectivity index (χ4v) is 3.15. The third-order valence-corrected chi connectivity index (χ3v) is 4.89. The van der Waals surface area contributed by atoms with E-state index in [4.69, 9.17) is 9.26 Å². The Morgan fingerprint density at radius 2 is 2.32 bits per heavy atom. The quantitative estimate of drug-likeness (QED) is 0.831. The molecule has 3 rings (SSSR count). The van der Waals surface area contributed by atoms with Crippen molar-refractivity contribution in [2.45, 2.75) is 39.0 Å². The number of rotatable bonds is 5. The van der Waals surface area contributed by atoms with E-state index in [0.717, 1.165) is 37.1 Å². The van der Waals surface area contributed by atoms with E-state index in [1.54, 1.807) is 7.11 Å². The number of ether oxygens (including phenoxy) is 1. The SMILES string of the molecule is CC[C@H](C)C(=O)N1CCC[C@@H](c2nc(-c3cccc(OC)c3)no2)C1. The molecule has 2 aromatic rings. The van der Waals surface area contributed by atoms with Gasteiger partial charge in [-0.1, -0.05) is 31.1 Å². The van der Waals surface area contributed by atoms with E-state index >= 15 is 0 Å². The summed E-state index contributed by atoms with van der Waals surface area (Å²) >= 11 is 0. The minimum atomic E-state index is 0.0637. The molecule has 0 bridgehead atoms. The molecule has 1 saturated heterocycles. The van der Waals surface area contributed by atoms with Gasteiger partial charge in [0.15, 0.2) is 0 Å². The highest BCUT2D eigenvalue weighted by molar-refractivity contribution is 5.78. The molecule has 25 heavy (non-hydrogen) atoms. The van der Waals surface area contributed by atoms with E-state index in [-0.39, 0.29) is 17.7 Å². The fourth-order valence-electron chi connectivity index (χ4n) is 3.15. The third-order valence-electron chi connectivity index (χ3n) is 4.89. The molecular weight excluding hydrogens is 318 g/mol. The molecule has 2 atom stereocenters. The summed E-state index contributed by atoms with van der Waals surface area (Å²) in [6.45, 7) is 5.50. The van der Waals surface area contributed by atoms with Crippen LogP contribution in [0.1, 0.15) is 44.9 Å². The molecule has 0 saturated carbocycles. The largest absolute Gasteiger partial charge is 0.497 e. The maximum absolute atomic E-state index is 12.4. The molecule has 6 heteroatoms. The smallest absolute Gasteiger partial charge is 0.231 e. The van der Waals surface area contributed by atoms with Gasteiger partial charge in [-0.3, -0.25) is 4.79 Å². The number of piperidine rings is 1. The van der Waals surface area contributed by atoms with E-state index in [1.165, 1.54) is 0 Å². The van der Waals surface area contributed by atoms with Crippen molar-refractivity contribution in [2.24, 2.45) is 5.92 Å². The summed E-state index contributed by atoms with van der Waals surface area (Å²) in [4.78, 5) is 19.0. The van der Waals surface area contributed by atoms with Crippen LogP contribution >= 0.6 is 0 Å². The molecule has 1 aromatic heterocycles. The van der Waals surface area contributed by atoms with Crippen molar-refractivity contribution in [2.75, 3.05) is 20.2 Å². The number of carbonyl (C=O) groups excluding carboxylic acids is 1. The lowest BCUT2D eigenvalue weighted by Crippen LogP contribution is -2.41. The van der Waals surface area contributed by atoms with E-state index in [1.807, 2.05) is 43.0 Å². The number of benzene rings is 1. The minimum absolute atomic E-state index is 0.0637. The molecule has 2 heterocycles. The Bertz CT molecular complexity index is 728. The first-order valence-corrected chi connectivity index (χ1v) is 8.89. The van der Waals surface area contributed by atoms with Crippen LogP contribution in [0.25, 0.3) is 11.4 Å². The number of amides is 1. The molecule has 0 radical (unpaired) electrons. The van der Waals surface area contributed by atoms with E-state index < -0.39 is 0 Å². The summed E-state index contributed by atoms with van der Waals surface area (Å²) in [7, 11) is 1.63. The van der Waals surface area contributed by atoms with Gasteiger partial charge in [-0.05, 0) is 31.4 Å². The van der Waals surface area contributed by atoms with Gasteiger partial charge in [-0.15, -0.1) is 0 Å². The van der Waals surface area contributed by atoms with Crippen molar-refractivity contribution in [1.29, 1.82) is 0 Å². The van der Waals surface area contributed by atoms with Crippen molar-refractivity contribution < 1.29 is 14.1 Å². The zero-order valence-electron chi connectivity index (χ0n) is 15.1. The summed E-state index contributed by atoms with van der Waals surface area (Å²) < 4.78 is 10.7. The molecule has 0 unspecified atom stereocenters. The van der Waals surface area contributed by atoms with Gasteiger partial charge < -0.3 is 14.2 Å². The highest BCUT2D eigenvalue weighted by atomic mass is 16.5. The first-order chi connectivity index (χ1) is 12.1. The summed E-state index contributed by atoms with van der Waals surface area (Å²) in [5.41, 5.74) is 0.859. The lowest BCUT2D eigenvalue weighted by molar-refractivity contribution is -0.136. The number of likely N-dealkylation sites (tertiary alicyclic amines) is 1. The Morgan fingerprint density at radius 1 is 1.48 bits per heavy atom. The lowest BCUT2D eigenvalue weighted by Gasteiger charge is -2.32. The zero-order valence-corrected chi connectivity index (χ0v) is 15.1. The number of hydrogen-bond donors (Lipinski definition) is 0. The zero-order chi connectivity index (χ0) is 17.8. The Hall–Kier alpha value is -2.37. The van der Waals surface area contributed by atoms with Crippen LogP contribution in [0.3, 0.4) is 0 Å². The summed E-state index contributed by atoms with van der Waals surface area (Å²) in [6.07, 6.45) is 2.79. The predicted octanol–water partition coefficient (Wildman–Crippen LogP) is 3.50. The normalized spacial score (nSPS) is 18.8. The van der Waals surface area contributed by atoms with Crippen LogP contribution in [0, 0.1) is 5.92 Å². The third kappa shape index (κ3) is 3.83. The Labute approximate surface area is 148 Å². The molecule has 1 aliphatic rings. The first kappa shape index (κ1) is 17.5. The molecular formula is C19H25N3O3. The van der Waals surface area contributed by atoms with Gasteiger partial charge in [0.05, 0.1) is 13.0 Å². The van der Waals surface area contributed by atoms with Crippen LogP contribution in [0.2, 0.25) is 0 Å². The van der Waals surface area contributed by atoms with Gasteiger partial charge in [0.25, 0.3) is 0 Å². The van der Waals surface area contributed by atoms with E-state index in [2.05, 4.69) is 10.1 Å². The van der Waals surface area contributed by atoms with Crippen molar-refractivity contribution in [3.05, 3.63) is 30.2 Å². The Morgan fingerprint density at radius 3 is 3.08 bits per heavy atom. The average molecular weight is 343 g/mol. The molecule has 1 fully saturated rings. The molecule has 1 aliphatic heterocycles. The average Bonchev–Trinajstić information content (AvgIpc) is 3.17. The molecule has 0 aliphatic carbocycles. The summed E-state index contributed by atoms with van der Waals surface area (Å²) in [6, 6.07) is 7.59. The summed E-state index contributed by atoms with van der Waals surface area (Å²) in [5.74, 6) is 2.31. The van der Waals surface area contributed by atoms with Gasteiger partial charge in [0.2, 0.25) is 17.6 Å². The minimum Gasteiger partial charge on any atom is -0.497 e. The Balaban J connectivity index is 1.74. The Kier molecular flexibility index (Phi) is 5.36. The van der Waals surface area contributed by atoms with E-state index in [9.17, 15) is 4.79 Å². The van der Waals surface area contributed by atoms with Gasteiger partial charge in [0, 0.05) is 24.6 Å². The highest BCUT2D eigenvalue weighted by Crippen LogP contribution is 2.29. The number of carbonyl (C=O) groups is 1. The first-order valence-electron chi connectivity index (χ1n) is 8.89. The van der Waals surface area contributed by atoms with Crippen molar-refractivity contribution >= 4 is 5.91 Å². The molecule has 134 valence electrons. The van der Waals surface area contributed by atoms with Gasteiger partial charge in [0.1, 0.15) is 5.75 Å². The van der Waals surface area contributed by atoms with Crippen molar-refractivity contribution in [3.8, 4) is 17.1 Å². The maximum atomic E-state index is 12.4. The van der Waals surface area contributed by atoms with Crippen LogP contribution in [0.4, 0.5) is 0 Å². The fraction of sp³-hybridized carbons (Fsp3) is 0.526. The molecule has 1 aromatic carbocycles. The predicted molar refractivity (Wildman–Crippen MR) is 94.3 cm³/mol. The van der Waals surface area contributed by atoms with Gasteiger partial charge in [-0.25, -0.2) is 0 Å². The van der Waals surface area contributed by atoms with Crippen molar-refractivity contribution in [1.82, 2.24) is 15.0 Å². The second-order valence-electron chi connectivity index (χ2n) is 6.62. The number of aromatic nitrogens is 2. The topological polar surface area (TPSA) is 68.5 Å². The second kappa shape index (κ2) is 7.68. The second-order valence-corrected chi connectivity index (χ2v) is 6.62. The summed E-state index contributed by atoms with van der Waals surface area (Å²) in [5, 5.41) is 4.11. The van der Waals surface area contributed by atoms with Gasteiger partial charge in [-0.2, -0.15) is 4.98 Å². The van der Waals surface area contributed by atoms with Crippen LogP contribution in [0.15, 0.2) is 28.8 Å². The molecule has 0 N–H and O–H groups in total. The van der Waals surface area contributed by atoms with Crippen LogP contribution < -0.4 is 4.74 Å². The van der Waals surface area contributed by atoms with Gasteiger partial charge >= 0.3 is 0 Å². The number of methoxy groups -OCH3 is 1. The van der Waals surface area contributed by atoms with Crippen LogP contribution in [-0.4, -0.2) is 41.1 Å². The number of nitrogens with zero attached hydrogens (tertiary/aromatic N) is 3. The van der Waals surface area contributed by atoms with E-state index in [0.29, 0.717) is 18.3 Å². The van der Waals surface area contributed by atoms with Crippen LogP contribution in [-0.2, 0) is 4.79 Å². The maximum Gasteiger partial charge on any atom is 0.231 e. The molecule has 1 amide bonds. The molecule has 0 spiro atoms. The van der Waals surface area contributed by atoms with Crippen molar-refractivity contribution in [3.63, 3.8) is 0 Å². The molecule has 6 nitrogen and oxygen atoms in total. The lowest BCUT2D eigenvalue weighted by atomic mass is 9.96. The van der Waals surface area contributed by atoms with Crippen LogP contribution in [0.5, 0.6) is 5.75 Å². The standard InChI is InChI=1S/C19H25N3O3/c1-4-13(2)19(23)22-10-6-8-15(12-22)18-20-17(21-25-18)14-7-5-9-16(11-14)24-3/h5,7,9,11,13,15H,4,6,8,10,12H2,1-3H3/t13-,15+/m0/s1. The highest BCUT2D eigenvalue weighted by Gasteiger charge is 2.30.